The Morgan fingerprint density at radius 2 is 1.02 bits per heavy atom. The summed E-state index contributed by atoms with van der Waals surface area (Å²) in [6.07, 6.45) is 48.2. The second-order valence-corrected chi connectivity index (χ2v) is 23.2. The van der Waals surface area contributed by atoms with Gasteiger partial charge in [0.25, 0.3) is 0 Å². The third-order valence-electron chi connectivity index (χ3n) is 14.8. The number of unbranched alkanes of at least 4 members (excludes halogenated alkanes) is 22. The molecule has 1 aliphatic rings. The van der Waals surface area contributed by atoms with Crippen LogP contribution in [0.4, 0.5) is 0 Å². The molecule has 0 aromatic carbocycles. The number of allylic oxidation sites excluding steroid dienone is 6. The fourth-order valence-corrected chi connectivity index (χ4v) is 9.48. The molecule has 3 unspecified atom stereocenters. The molecular formula is C73H131NO8. The first kappa shape index (κ1) is 84.5. The molecule has 0 aliphatic carbocycles. The zero-order valence-corrected chi connectivity index (χ0v) is 55.4. The molecule has 4 atom stereocenters. The number of likely N-dealkylation sites (tertiary alicyclic amines) is 1. The number of ether oxygens (including phenoxy) is 2. The third-order valence-corrected chi connectivity index (χ3v) is 14.8. The van der Waals surface area contributed by atoms with Crippen LogP contribution in [0.5, 0.6) is 0 Å². The van der Waals surface area contributed by atoms with E-state index in [-0.39, 0.29) is 72.4 Å². The number of carbonyl (C=O) groups is 6. The second-order valence-electron chi connectivity index (χ2n) is 23.2. The highest BCUT2D eigenvalue weighted by Crippen LogP contribution is 2.23. The van der Waals surface area contributed by atoms with Crippen LogP contribution in [-0.4, -0.2) is 73.1 Å². The van der Waals surface area contributed by atoms with Gasteiger partial charge in [-0.3, -0.25) is 24.0 Å². The van der Waals surface area contributed by atoms with Crippen LogP contribution >= 0.6 is 0 Å². The van der Waals surface area contributed by atoms with Crippen molar-refractivity contribution in [1.82, 2.24) is 4.90 Å². The Morgan fingerprint density at radius 1 is 0.561 bits per heavy atom. The summed E-state index contributed by atoms with van der Waals surface area (Å²) < 4.78 is 11.3. The lowest BCUT2D eigenvalue weighted by Gasteiger charge is -2.17. The van der Waals surface area contributed by atoms with E-state index < -0.39 is 0 Å². The van der Waals surface area contributed by atoms with Gasteiger partial charge in [0.15, 0.2) is 17.3 Å². The van der Waals surface area contributed by atoms with Gasteiger partial charge in [-0.15, -0.1) is 6.58 Å². The van der Waals surface area contributed by atoms with Gasteiger partial charge in [0.05, 0.1) is 13.2 Å². The molecule has 82 heavy (non-hydrogen) atoms. The van der Waals surface area contributed by atoms with Gasteiger partial charge in [-0.05, 0) is 114 Å². The van der Waals surface area contributed by atoms with Crippen molar-refractivity contribution < 1.29 is 38.2 Å². The van der Waals surface area contributed by atoms with Crippen LogP contribution in [0.3, 0.4) is 0 Å². The minimum absolute atomic E-state index is 0.000838. The molecule has 1 heterocycles. The van der Waals surface area contributed by atoms with Gasteiger partial charge >= 0.3 is 5.97 Å². The highest BCUT2D eigenvalue weighted by molar-refractivity contribution is 5.93. The zero-order chi connectivity index (χ0) is 62.3. The number of carbonyl (C=O) groups excluding carboxylic acids is 6. The highest BCUT2D eigenvalue weighted by Gasteiger charge is 2.21. The Morgan fingerprint density at radius 3 is 1.43 bits per heavy atom. The van der Waals surface area contributed by atoms with E-state index in [0.717, 1.165) is 63.7 Å². The van der Waals surface area contributed by atoms with Gasteiger partial charge in [0.1, 0.15) is 17.3 Å². The predicted octanol–water partition coefficient (Wildman–Crippen LogP) is 20.5. The van der Waals surface area contributed by atoms with Crippen molar-refractivity contribution >= 4 is 34.9 Å². The van der Waals surface area contributed by atoms with Crippen LogP contribution in [0.25, 0.3) is 0 Å². The zero-order valence-electron chi connectivity index (χ0n) is 55.4. The van der Waals surface area contributed by atoms with E-state index in [1.165, 1.54) is 167 Å². The fourth-order valence-electron chi connectivity index (χ4n) is 9.48. The molecule has 0 saturated carbocycles. The third kappa shape index (κ3) is 65.2. The van der Waals surface area contributed by atoms with Crippen LogP contribution in [0.15, 0.2) is 68.2 Å². The minimum Gasteiger partial charge on any atom is -0.490 e. The van der Waals surface area contributed by atoms with Crippen LogP contribution in [0, 0.1) is 23.7 Å². The molecule has 1 saturated heterocycles. The molecule has 1 rings (SSSR count). The number of ketones is 5. The van der Waals surface area contributed by atoms with Crippen LogP contribution in [0.1, 0.15) is 306 Å². The van der Waals surface area contributed by atoms with Crippen molar-refractivity contribution in [2.45, 2.75) is 306 Å². The molecule has 1 fully saturated rings. The van der Waals surface area contributed by atoms with E-state index in [4.69, 9.17) is 9.47 Å². The maximum Gasteiger partial charge on any atom is 0.306 e. The Bertz CT molecular complexity index is 1640. The van der Waals surface area contributed by atoms with Crippen LogP contribution in [0.2, 0.25) is 0 Å². The number of esters is 1. The molecule has 1 aliphatic heterocycles. The van der Waals surface area contributed by atoms with Crippen molar-refractivity contribution in [1.29, 1.82) is 0 Å². The average molecular weight is 1150 g/mol. The number of nitrogens with zero attached hydrogens (tertiary/aromatic N) is 1. The van der Waals surface area contributed by atoms with Crippen molar-refractivity contribution in [3.05, 3.63) is 68.2 Å². The smallest absolute Gasteiger partial charge is 0.306 e. The summed E-state index contributed by atoms with van der Waals surface area (Å²) in [5, 5.41) is 0. The quantitative estimate of drug-likeness (QED) is 0.0146. The van der Waals surface area contributed by atoms with E-state index in [1.807, 2.05) is 19.1 Å². The van der Waals surface area contributed by atoms with Crippen molar-refractivity contribution in [2.24, 2.45) is 23.7 Å². The Labute approximate surface area is 507 Å². The molecule has 9 nitrogen and oxygen atoms in total. The topological polar surface area (TPSA) is 124 Å². The molecule has 9 heteroatoms. The lowest BCUT2D eigenvalue weighted by Crippen LogP contribution is -2.17. The number of hydrogen-bond acceptors (Lipinski definition) is 9. The number of Topliss-reactive ketones (excluding diaryl/α,β-unsaturated/α-hetero) is 2. The minimum atomic E-state index is -0.221. The summed E-state index contributed by atoms with van der Waals surface area (Å²) in [4.78, 5) is 72.1. The summed E-state index contributed by atoms with van der Waals surface area (Å²) >= 11 is 0. The summed E-state index contributed by atoms with van der Waals surface area (Å²) in [6.45, 7) is 37.0. The first-order chi connectivity index (χ1) is 39.5. The van der Waals surface area contributed by atoms with Gasteiger partial charge in [0, 0.05) is 57.9 Å². The standard InChI is InChI=1S/C27H48O4.C20H32O3.C11H18O.C9H20.C6H13N/c1-5-9-11-13-15-17-19-30-26(8-4)22-24(21-25(28)7-3)23-27(29)31-20-18-16-14-12-10-6-2;1-4-6-7-8-9-10-11-12-13-20(23)16-18(14-17(3)21)15-19(22)5-2;1-4-10(5-2)8-7-9-11(12)6-3;1-3-5-7-9-8-6-4-2;1-6-3-4-7(2)5-6/h24H,4-7,9-23H2,1-3H3;5,12-13,18H,2,4,6-11,14-16H2,1,3H3;4,6,10H,1,3,5,7-9H2,2H3;3-9H2,1-2H3;6H,3-5H2,1-2H3/b;13-12-;;;/t;;10-;;/m..1../s1. The molecule has 476 valence electrons. The van der Waals surface area contributed by atoms with E-state index in [0.29, 0.717) is 50.6 Å². The second kappa shape index (κ2) is 66.2. The van der Waals surface area contributed by atoms with E-state index in [9.17, 15) is 28.8 Å². The van der Waals surface area contributed by atoms with Gasteiger partial charge in [-0.1, -0.05) is 234 Å². The number of rotatable bonds is 50. The molecule has 0 N–H and O–H groups in total. The fraction of sp³-hybridized carbons (Fsp3) is 0.767. The van der Waals surface area contributed by atoms with Gasteiger partial charge < -0.3 is 19.2 Å². The summed E-state index contributed by atoms with van der Waals surface area (Å²) in [7, 11) is 2.18. The van der Waals surface area contributed by atoms with E-state index in [2.05, 4.69) is 92.5 Å². The van der Waals surface area contributed by atoms with Crippen molar-refractivity contribution in [2.75, 3.05) is 33.4 Å². The SMILES string of the molecule is C=C=C(CC(CC(=O)CC)CC(=O)OCCCCCCCC)OCCCCCCCC.C=CC(=O)CC(CC(C)=O)CC(=O)/C=C\CCCCCCCC.C=CC(=O)CCC[C@H](C=C)CC.CC1CCN(C)C1.CCCCCCCCC. The molecule has 0 aromatic rings. The summed E-state index contributed by atoms with van der Waals surface area (Å²) in [5.41, 5.74) is 2.87. The van der Waals surface area contributed by atoms with Crippen molar-refractivity contribution in [3.8, 4) is 0 Å². The average Bonchev–Trinajstić information content (AvgIpc) is 3.85. The monoisotopic (exact) mass is 1150 g/mol. The van der Waals surface area contributed by atoms with E-state index in [1.54, 1.807) is 6.08 Å². The van der Waals surface area contributed by atoms with Gasteiger partial charge in [-0.2, -0.15) is 0 Å². The molecule has 0 spiro atoms. The van der Waals surface area contributed by atoms with Crippen LogP contribution < -0.4 is 0 Å². The Kier molecular flexibility index (Phi) is 68.2. The maximum atomic E-state index is 12.3. The molecule has 0 aromatic heterocycles. The normalized spacial score (nSPS) is 13.6. The molecule has 0 bridgehead atoms. The summed E-state index contributed by atoms with van der Waals surface area (Å²) in [6, 6.07) is 0. The molecular weight excluding hydrogens is 1020 g/mol. The summed E-state index contributed by atoms with van der Waals surface area (Å²) in [5.74, 6) is 1.85. The number of hydrogen-bond donors (Lipinski definition) is 0. The first-order valence-electron chi connectivity index (χ1n) is 33.5. The van der Waals surface area contributed by atoms with E-state index >= 15 is 0 Å². The lowest BCUT2D eigenvalue weighted by molar-refractivity contribution is -0.145. The van der Waals surface area contributed by atoms with Crippen LogP contribution in [-0.2, 0) is 38.2 Å². The Hall–Kier alpha value is -3.94. The molecule has 0 radical (unpaired) electrons. The highest BCUT2D eigenvalue weighted by atomic mass is 16.5. The largest absolute Gasteiger partial charge is 0.490 e. The Balaban J connectivity index is -0.000000515. The predicted molar refractivity (Wildman–Crippen MR) is 352 cm³/mol. The maximum absolute atomic E-state index is 12.3. The first-order valence-corrected chi connectivity index (χ1v) is 33.5. The van der Waals surface area contributed by atoms with Gasteiger partial charge in [0.2, 0.25) is 0 Å². The lowest BCUT2D eigenvalue weighted by atomic mass is 9.91. The van der Waals surface area contributed by atoms with Crippen molar-refractivity contribution in [3.63, 3.8) is 0 Å². The molecule has 0 amide bonds. The van der Waals surface area contributed by atoms with Gasteiger partial charge in [-0.25, -0.2) is 0 Å².